The van der Waals surface area contributed by atoms with Crippen molar-refractivity contribution in [3.05, 3.63) is 23.8 Å². The molecule has 162 valence electrons. The summed E-state index contributed by atoms with van der Waals surface area (Å²) in [5, 5.41) is 15.7. The molecule has 0 aliphatic rings. The van der Waals surface area contributed by atoms with Crippen molar-refractivity contribution in [2.24, 2.45) is 4.99 Å². The largest absolute Gasteiger partial charge is 0.493 e. The molecule has 0 fully saturated rings. The summed E-state index contributed by atoms with van der Waals surface area (Å²) in [5.74, 6) is 2.11. The fourth-order valence-corrected chi connectivity index (χ4v) is 2.76. The molecule has 6 nitrogen and oxygen atoms in total. The zero-order valence-corrected chi connectivity index (χ0v) is 20.1. The van der Waals surface area contributed by atoms with E-state index in [1.807, 2.05) is 18.2 Å². The van der Waals surface area contributed by atoms with Crippen molar-refractivity contribution in [3.63, 3.8) is 0 Å². The summed E-state index contributed by atoms with van der Waals surface area (Å²) >= 11 is 0. The highest BCUT2D eigenvalue weighted by molar-refractivity contribution is 14.0. The maximum absolute atomic E-state index is 8.90. The van der Waals surface area contributed by atoms with E-state index in [0.29, 0.717) is 24.1 Å². The molecule has 28 heavy (non-hydrogen) atoms. The van der Waals surface area contributed by atoms with E-state index in [1.165, 1.54) is 25.7 Å². The first kappa shape index (κ1) is 26.8. The fourth-order valence-electron chi connectivity index (χ4n) is 2.76. The van der Waals surface area contributed by atoms with Gasteiger partial charge in [0, 0.05) is 12.6 Å². The quantitative estimate of drug-likeness (QED) is 0.162. The molecule has 0 amide bonds. The van der Waals surface area contributed by atoms with Gasteiger partial charge in [0.25, 0.3) is 0 Å². The van der Waals surface area contributed by atoms with E-state index in [0.717, 1.165) is 24.5 Å². The molecule has 0 heterocycles. The van der Waals surface area contributed by atoms with Crippen molar-refractivity contribution >= 4 is 29.9 Å². The molecule has 0 saturated carbocycles. The minimum absolute atomic E-state index is 0. The van der Waals surface area contributed by atoms with Crippen LogP contribution in [0.3, 0.4) is 0 Å². The van der Waals surface area contributed by atoms with Gasteiger partial charge in [-0.25, -0.2) is 4.99 Å². The number of nitrogens with one attached hydrogen (secondary N) is 2. The summed E-state index contributed by atoms with van der Waals surface area (Å²) in [6.45, 7) is 8.11. The van der Waals surface area contributed by atoms with Crippen LogP contribution in [0.4, 0.5) is 0 Å². The van der Waals surface area contributed by atoms with Gasteiger partial charge in [0.2, 0.25) is 0 Å². The normalized spacial score (nSPS) is 12.1. The topological polar surface area (TPSA) is 75.1 Å². The molecular weight excluding hydrogens is 469 g/mol. The van der Waals surface area contributed by atoms with Crippen molar-refractivity contribution in [2.75, 3.05) is 26.9 Å². The van der Waals surface area contributed by atoms with Crippen LogP contribution < -0.4 is 20.1 Å². The van der Waals surface area contributed by atoms with Gasteiger partial charge in [-0.3, -0.25) is 0 Å². The summed E-state index contributed by atoms with van der Waals surface area (Å²) in [5.41, 5.74) is 1.04. The van der Waals surface area contributed by atoms with Crippen molar-refractivity contribution in [3.8, 4) is 11.5 Å². The van der Waals surface area contributed by atoms with E-state index in [-0.39, 0.29) is 37.2 Å². The molecule has 0 radical (unpaired) electrons. The van der Waals surface area contributed by atoms with Crippen LogP contribution in [-0.4, -0.2) is 44.0 Å². The monoisotopic (exact) mass is 507 g/mol. The van der Waals surface area contributed by atoms with Crippen LogP contribution >= 0.6 is 24.0 Å². The minimum Gasteiger partial charge on any atom is -0.493 e. The minimum atomic E-state index is -0.0243. The van der Waals surface area contributed by atoms with Crippen LogP contribution in [0.2, 0.25) is 0 Å². The highest BCUT2D eigenvalue weighted by atomic mass is 127. The highest BCUT2D eigenvalue weighted by Crippen LogP contribution is 2.28. The van der Waals surface area contributed by atoms with Crippen LogP contribution in [0, 0.1) is 0 Å². The van der Waals surface area contributed by atoms with Crippen molar-refractivity contribution < 1.29 is 14.6 Å². The Morgan fingerprint density at radius 1 is 1.18 bits per heavy atom. The molecule has 3 N–H and O–H groups in total. The summed E-state index contributed by atoms with van der Waals surface area (Å²) in [7, 11) is 1.61. The van der Waals surface area contributed by atoms with E-state index >= 15 is 0 Å². The molecule has 0 aliphatic heterocycles. The molecule has 1 aromatic rings. The number of nitrogens with zero attached hydrogens (tertiary/aromatic N) is 1. The second kappa shape index (κ2) is 16.7. The lowest BCUT2D eigenvalue weighted by atomic mass is 10.1. The van der Waals surface area contributed by atoms with Crippen LogP contribution in [-0.2, 0) is 6.54 Å². The molecule has 0 aromatic heterocycles. The van der Waals surface area contributed by atoms with E-state index in [1.54, 1.807) is 7.11 Å². The number of aliphatic hydroxyl groups is 1. The van der Waals surface area contributed by atoms with E-state index in [9.17, 15) is 0 Å². The van der Waals surface area contributed by atoms with Gasteiger partial charge >= 0.3 is 0 Å². The Bertz CT molecular complexity index is 556. The standard InChI is InChI=1S/C21H37N3O3.HI/c1-5-7-8-9-10-17(3)24-21(22-6-2)23-16-18-11-12-19(27-14-13-25)20(15-18)26-4;/h11-12,15,17,25H,5-10,13-14,16H2,1-4H3,(H2,22,23,24);1H. The van der Waals surface area contributed by atoms with Gasteiger partial charge in [-0.1, -0.05) is 38.7 Å². The average Bonchev–Trinajstić information content (AvgIpc) is 2.68. The first-order chi connectivity index (χ1) is 13.1. The molecule has 0 saturated heterocycles. The fraction of sp³-hybridized carbons (Fsp3) is 0.667. The molecule has 7 heteroatoms. The number of benzene rings is 1. The predicted molar refractivity (Wildman–Crippen MR) is 127 cm³/mol. The van der Waals surface area contributed by atoms with Crippen molar-refractivity contribution in [2.45, 2.75) is 65.5 Å². The van der Waals surface area contributed by atoms with Crippen LogP contribution in [0.25, 0.3) is 0 Å². The van der Waals surface area contributed by atoms with Gasteiger partial charge in [-0.2, -0.15) is 0 Å². The Hall–Kier alpha value is -1.22. The van der Waals surface area contributed by atoms with E-state index < -0.39 is 0 Å². The van der Waals surface area contributed by atoms with Gasteiger partial charge in [-0.05, 0) is 38.0 Å². The lowest BCUT2D eigenvalue weighted by molar-refractivity contribution is 0.196. The Kier molecular flexibility index (Phi) is 16.0. The zero-order valence-electron chi connectivity index (χ0n) is 17.8. The van der Waals surface area contributed by atoms with Crippen molar-refractivity contribution in [1.82, 2.24) is 10.6 Å². The number of aliphatic hydroxyl groups excluding tert-OH is 1. The number of hydrogen-bond donors (Lipinski definition) is 3. The first-order valence-electron chi connectivity index (χ1n) is 10.1. The molecule has 1 atom stereocenters. The number of unbranched alkanes of at least 4 members (excludes halogenated alkanes) is 3. The molecule has 1 rings (SSSR count). The van der Waals surface area contributed by atoms with Gasteiger partial charge < -0.3 is 25.2 Å². The maximum Gasteiger partial charge on any atom is 0.191 e. The lowest BCUT2D eigenvalue weighted by Gasteiger charge is -2.18. The molecule has 1 aromatic carbocycles. The Labute approximate surface area is 187 Å². The molecule has 0 spiro atoms. The summed E-state index contributed by atoms with van der Waals surface area (Å²) in [6.07, 6.45) is 6.25. The molecular formula is C21H38IN3O3. The van der Waals surface area contributed by atoms with Crippen LogP contribution in [0.5, 0.6) is 11.5 Å². The van der Waals surface area contributed by atoms with Gasteiger partial charge in [0.05, 0.1) is 20.3 Å². The molecule has 0 aliphatic carbocycles. The second-order valence-corrected chi connectivity index (χ2v) is 6.65. The Morgan fingerprint density at radius 2 is 1.96 bits per heavy atom. The van der Waals surface area contributed by atoms with Crippen molar-refractivity contribution in [1.29, 1.82) is 0 Å². The number of methoxy groups -OCH3 is 1. The SMILES string of the molecule is CCCCCCC(C)NC(=NCc1ccc(OCCO)c(OC)c1)NCC.I. The van der Waals surface area contributed by atoms with E-state index in [2.05, 4.69) is 31.4 Å². The number of ether oxygens (including phenoxy) is 2. The van der Waals surface area contributed by atoms with Gasteiger partial charge in [-0.15, -0.1) is 24.0 Å². The predicted octanol–water partition coefficient (Wildman–Crippen LogP) is 4.10. The first-order valence-corrected chi connectivity index (χ1v) is 10.1. The number of rotatable bonds is 13. The number of guanidine groups is 1. The van der Waals surface area contributed by atoms with E-state index in [4.69, 9.17) is 19.6 Å². The lowest BCUT2D eigenvalue weighted by Crippen LogP contribution is -2.42. The number of halogens is 1. The average molecular weight is 507 g/mol. The summed E-state index contributed by atoms with van der Waals surface area (Å²) in [4.78, 5) is 4.69. The third kappa shape index (κ3) is 10.9. The maximum atomic E-state index is 8.90. The smallest absolute Gasteiger partial charge is 0.191 e. The second-order valence-electron chi connectivity index (χ2n) is 6.65. The number of aliphatic imine (C=N–C) groups is 1. The summed E-state index contributed by atoms with van der Waals surface area (Å²) < 4.78 is 10.8. The van der Waals surface area contributed by atoms with Crippen LogP contribution in [0.1, 0.15) is 58.4 Å². The molecule has 0 bridgehead atoms. The Balaban J connectivity index is 0.00000729. The third-order valence-electron chi connectivity index (χ3n) is 4.21. The summed E-state index contributed by atoms with van der Waals surface area (Å²) in [6, 6.07) is 6.14. The molecule has 1 unspecified atom stereocenters. The van der Waals surface area contributed by atoms with Gasteiger partial charge in [0.15, 0.2) is 17.5 Å². The third-order valence-corrected chi connectivity index (χ3v) is 4.21. The highest BCUT2D eigenvalue weighted by Gasteiger charge is 2.07. The zero-order chi connectivity index (χ0) is 19.9. The Morgan fingerprint density at radius 3 is 2.61 bits per heavy atom. The number of hydrogen-bond acceptors (Lipinski definition) is 4. The van der Waals surface area contributed by atoms with Crippen LogP contribution in [0.15, 0.2) is 23.2 Å². The van der Waals surface area contributed by atoms with Gasteiger partial charge in [0.1, 0.15) is 6.61 Å².